The standard InChI is InChI=1S/C18H22N2O4S/c1-18(2,3)13-10-14(12-15(11-13)20-25(4,22)23)19-17(21)24-16-8-6-5-7-9-16/h5-12,20H,1-4H3,(H,19,21). The normalized spacial score (nSPS) is 11.7. The molecule has 0 spiro atoms. The van der Waals surface area contributed by atoms with E-state index >= 15 is 0 Å². The minimum absolute atomic E-state index is 0.227. The number of carbonyl (C=O) groups is 1. The third-order valence-corrected chi connectivity index (χ3v) is 3.91. The van der Waals surface area contributed by atoms with E-state index in [0.717, 1.165) is 11.8 Å². The molecule has 0 atom stereocenters. The predicted molar refractivity (Wildman–Crippen MR) is 99.7 cm³/mol. The molecule has 0 saturated carbocycles. The second-order valence-electron chi connectivity index (χ2n) is 6.75. The lowest BCUT2D eigenvalue weighted by molar-refractivity contribution is 0.215. The first kappa shape index (κ1) is 18.8. The number of anilines is 2. The van der Waals surface area contributed by atoms with Gasteiger partial charge in [-0.25, -0.2) is 13.2 Å². The predicted octanol–water partition coefficient (Wildman–Crippen LogP) is 3.97. The van der Waals surface area contributed by atoms with Crippen LogP contribution < -0.4 is 14.8 Å². The van der Waals surface area contributed by atoms with Crippen molar-refractivity contribution < 1.29 is 17.9 Å². The van der Waals surface area contributed by atoms with Crippen LogP contribution in [0.25, 0.3) is 0 Å². The molecular formula is C18H22N2O4S. The molecule has 25 heavy (non-hydrogen) atoms. The largest absolute Gasteiger partial charge is 0.417 e. The van der Waals surface area contributed by atoms with E-state index in [1.807, 2.05) is 26.8 Å². The summed E-state index contributed by atoms with van der Waals surface area (Å²) in [6, 6.07) is 13.8. The number of nitrogens with one attached hydrogen (secondary N) is 2. The van der Waals surface area contributed by atoms with Gasteiger partial charge in [-0.3, -0.25) is 10.0 Å². The lowest BCUT2D eigenvalue weighted by Gasteiger charge is -2.21. The van der Waals surface area contributed by atoms with Crippen LogP contribution in [0.5, 0.6) is 5.75 Å². The number of para-hydroxylation sites is 1. The molecule has 134 valence electrons. The van der Waals surface area contributed by atoms with E-state index in [-0.39, 0.29) is 5.41 Å². The number of hydrogen-bond acceptors (Lipinski definition) is 4. The van der Waals surface area contributed by atoms with Crippen LogP contribution in [0.4, 0.5) is 16.2 Å². The summed E-state index contributed by atoms with van der Waals surface area (Å²) in [7, 11) is -3.43. The van der Waals surface area contributed by atoms with E-state index in [4.69, 9.17) is 4.74 Å². The number of hydrogen-bond donors (Lipinski definition) is 2. The molecular weight excluding hydrogens is 340 g/mol. The summed E-state index contributed by atoms with van der Waals surface area (Å²) in [5.41, 5.74) is 1.47. The fourth-order valence-electron chi connectivity index (χ4n) is 2.14. The maximum atomic E-state index is 12.1. The highest BCUT2D eigenvalue weighted by molar-refractivity contribution is 7.92. The number of amides is 1. The average molecular weight is 362 g/mol. The Kier molecular flexibility index (Phi) is 5.37. The zero-order valence-electron chi connectivity index (χ0n) is 14.7. The number of carbonyl (C=O) groups excluding carboxylic acids is 1. The molecule has 6 nitrogen and oxygen atoms in total. The van der Waals surface area contributed by atoms with Gasteiger partial charge in [0.1, 0.15) is 5.75 Å². The molecule has 0 saturated heterocycles. The fraction of sp³-hybridized carbons (Fsp3) is 0.278. The van der Waals surface area contributed by atoms with Gasteiger partial charge in [-0.2, -0.15) is 0 Å². The van der Waals surface area contributed by atoms with Crippen LogP contribution in [0.15, 0.2) is 48.5 Å². The number of ether oxygens (including phenoxy) is 1. The van der Waals surface area contributed by atoms with Gasteiger partial charge in [0.2, 0.25) is 10.0 Å². The van der Waals surface area contributed by atoms with E-state index in [9.17, 15) is 13.2 Å². The Morgan fingerprint density at radius 2 is 1.60 bits per heavy atom. The fourth-order valence-corrected chi connectivity index (χ4v) is 2.69. The lowest BCUT2D eigenvalue weighted by atomic mass is 9.86. The van der Waals surface area contributed by atoms with Crippen LogP contribution in [0, 0.1) is 0 Å². The summed E-state index contributed by atoms with van der Waals surface area (Å²) in [5, 5.41) is 2.63. The van der Waals surface area contributed by atoms with Gasteiger partial charge in [0.25, 0.3) is 0 Å². The summed E-state index contributed by atoms with van der Waals surface area (Å²) in [4.78, 5) is 12.1. The molecule has 0 aliphatic carbocycles. The Morgan fingerprint density at radius 1 is 1.00 bits per heavy atom. The van der Waals surface area contributed by atoms with Crippen molar-refractivity contribution in [1.29, 1.82) is 0 Å². The molecule has 7 heteroatoms. The molecule has 0 bridgehead atoms. The first-order chi connectivity index (χ1) is 11.5. The maximum absolute atomic E-state index is 12.1. The van der Waals surface area contributed by atoms with Crippen LogP contribution in [0.2, 0.25) is 0 Å². The third kappa shape index (κ3) is 6.11. The van der Waals surface area contributed by atoms with Crippen LogP contribution in [-0.4, -0.2) is 20.8 Å². The van der Waals surface area contributed by atoms with Crippen LogP contribution in [0.3, 0.4) is 0 Å². The zero-order valence-corrected chi connectivity index (χ0v) is 15.5. The highest BCUT2D eigenvalue weighted by atomic mass is 32.2. The van der Waals surface area contributed by atoms with Crippen molar-refractivity contribution in [2.75, 3.05) is 16.3 Å². The molecule has 0 fully saturated rings. The molecule has 0 unspecified atom stereocenters. The van der Waals surface area contributed by atoms with Crippen molar-refractivity contribution in [2.24, 2.45) is 0 Å². The Hall–Kier alpha value is -2.54. The second-order valence-corrected chi connectivity index (χ2v) is 8.50. The first-order valence-electron chi connectivity index (χ1n) is 7.70. The molecule has 1 amide bonds. The smallest absolute Gasteiger partial charge is 0.410 e. The van der Waals surface area contributed by atoms with Crippen LogP contribution in [-0.2, 0) is 15.4 Å². The first-order valence-corrected chi connectivity index (χ1v) is 9.59. The minimum atomic E-state index is -3.43. The van der Waals surface area contributed by atoms with Gasteiger partial charge in [0.05, 0.1) is 11.9 Å². The van der Waals surface area contributed by atoms with Crippen molar-refractivity contribution in [3.8, 4) is 5.75 Å². The van der Waals surface area contributed by atoms with E-state index in [1.165, 1.54) is 0 Å². The molecule has 0 aliphatic rings. The summed E-state index contributed by atoms with van der Waals surface area (Å²) >= 11 is 0. The Balaban J connectivity index is 2.26. The number of rotatable bonds is 4. The van der Waals surface area contributed by atoms with Crippen molar-refractivity contribution in [1.82, 2.24) is 0 Å². The van der Waals surface area contributed by atoms with Crippen molar-refractivity contribution in [2.45, 2.75) is 26.2 Å². The molecule has 2 N–H and O–H groups in total. The molecule has 0 radical (unpaired) electrons. The molecule has 0 aromatic heterocycles. The van der Waals surface area contributed by atoms with Gasteiger partial charge < -0.3 is 4.74 Å². The Morgan fingerprint density at radius 3 is 2.16 bits per heavy atom. The van der Waals surface area contributed by atoms with E-state index in [2.05, 4.69) is 10.0 Å². The van der Waals surface area contributed by atoms with Crippen LogP contribution >= 0.6 is 0 Å². The van der Waals surface area contributed by atoms with E-state index in [1.54, 1.807) is 42.5 Å². The zero-order chi connectivity index (χ0) is 18.7. The number of sulfonamides is 1. The summed E-state index contributed by atoms with van der Waals surface area (Å²) in [5.74, 6) is 0.418. The topological polar surface area (TPSA) is 84.5 Å². The molecule has 2 rings (SSSR count). The molecule has 0 heterocycles. The van der Waals surface area contributed by atoms with Crippen molar-refractivity contribution in [3.05, 3.63) is 54.1 Å². The minimum Gasteiger partial charge on any atom is -0.410 e. The summed E-state index contributed by atoms with van der Waals surface area (Å²) < 4.78 is 30.7. The molecule has 2 aromatic rings. The second kappa shape index (κ2) is 7.14. The molecule has 0 aliphatic heterocycles. The highest BCUT2D eigenvalue weighted by Crippen LogP contribution is 2.29. The van der Waals surface area contributed by atoms with Crippen molar-refractivity contribution in [3.63, 3.8) is 0 Å². The van der Waals surface area contributed by atoms with Gasteiger partial charge in [-0.05, 0) is 41.3 Å². The quantitative estimate of drug-likeness (QED) is 0.862. The van der Waals surface area contributed by atoms with E-state index < -0.39 is 16.1 Å². The Bertz CT molecular complexity index is 856. The Labute approximate surface area is 148 Å². The lowest BCUT2D eigenvalue weighted by Crippen LogP contribution is -2.19. The van der Waals surface area contributed by atoms with Gasteiger partial charge in [0.15, 0.2) is 0 Å². The SMILES string of the molecule is CC(C)(C)c1cc(NC(=O)Oc2ccccc2)cc(NS(C)(=O)=O)c1. The van der Waals surface area contributed by atoms with Crippen LogP contribution in [0.1, 0.15) is 26.3 Å². The van der Waals surface area contributed by atoms with E-state index in [0.29, 0.717) is 17.1 Å². The summed E-state index contributed by atoms with van der Waals surface area (Å²) in [6.07, 6.45) is 0.427. The van der Waals surface area contributed by atoms with Crippen molar-refractivity contribution >= 4 is 27.5 Å². The number of benzene rings is 2. The monoisotopic (exact) mass is 362 g/mol. The molecule has 2 aromatic carbocycles. The van der Waals surface area contributed by atoms with Gasteiger partial charge in [-0.1, -0.05) is 39.0 Å². The van der Waals surface area contributed by atoms with Gasteiger partial charge in [0, 0.05) is 5.69 Å². The van der Waals surface area contributed by atoms with Gasteiger partial charge in [-0.15, -0.1) is 0 Å². The highest BCUT2D eigenvalue weighted by Gasteiger charge is 2.17. The van der Waals surface area contributed by atoms with Gasteiger partial charge >= 0.3 is 6.09 Å². The summed E-state index contributed by atoms with van der Waals surface area (Å²) in [6.45, 7) is 6.00. The average Bonchev–Trinajstić information content (AvgIpc) is 2.45. The third-order valence-electron chi connectivity index (χ3n) is 3.30. The maximum Gasteiger partial charge on any atom is 0.417 e.